The van der Waals surface area contributed by atoms with Crippen molar-refractivity contribution in [3.63, 3.8) is 0 Å². The average molecular weight is 441 g/mol. The van der Waals surface area contributed by atoms with Crippen LogP contribution >= 0.6 is 7.14 Å². The molecule has 3 aromatic carbocycles. The van der Waals surface area contributed by atoms with Gasteiger partial charge in [-0.3, -0.25) is 9.59 Å². The molecule has 3 nitrogen and oxygen atoms in total. The molecule has 0 aliphatic rings. The summed E-state index contributed by atoms with van der Waals surface area (Å²) in [6.45, 7) is 11.2. The first-order chi connectivity index (χ1) is 14.1. The van der Waals surface area contributed by atoms with Gasteiger partial charge in [0.25, 0.3) is 0 Å². The molecule has 1 radical (unpaired) electrons. The number of aryl methyl sites for hydroxylation is 6. The van der Waals surface area contributed by atoms with Crippen molar-refractivity contribution >= 4 is 53.1 Å². The molecule has 0 atom stereocenters. The van der Waals surface area contributed by atoms with Crippen LogP contribution in [0.1, 0.15) is 54.1 Å². The van der Waals surface area contributed by atoms with E-state index >= 15 is 0 Å². The Balaban J connectivity index is 0.00000341. The third kappa shape index (κ3) is 4.71. The second-order valence-electron chi connectivity index (χ2n) is 8.10. The quantitative estimate of drug-likeness (QED) is 0.370. The molecule has 3 aromatic rings. The Morgan fingerprint density at radius 2 is 0.935 bits per heavy atom. The van der Waals surface area contributed by atoms with Gasteiger partial charge in [-0.2, -0.15) is 0 Å². The van der Waals surface area contributed by atoms with Gasteiger partial charge >= 0.3 is 0 Å². The Labute approximate surface area is 206 Å². The molecule has 0 aliphatic heterocycles. The molecule has 0 saturated heterocycles. The third-order valence-corrected chi connectivity index (χ3v) is 8.09. The van der Waals surface area contributed by atoms with Gasteiger partial charge in [0.15, 0.2) is 0 Å². The molecule has 0 N–H and O–H groups in total. The van der Waals surface area contributed by atoms with Gasteiger partial charge in [0.1, 0.15) is 0 Å². The van der Waals surface area contributed by atoms with Gasteiger partial charge in [0.05, 0.1) is 0 Å². The Kier molecular flexibility index (Phi) is 8.05. The van der Waals surface area contributed by atoms with E-state index in [1.807, 2.05) is 65.8 Å². The molecule has 0 unspecified atom stereocenters. The number of carbonyl (C=O) groups is 2. The summed E-state index contributed by atoms with van der Waals surface area (Å²) in [5, 5.41) is 0.277. The van der Waals surface area contributed by atoms with Crippen LogP contribution in [0.2, 0.25) is 0 Å². The van der Waals surface area contributed by atoms with Gasteiger partial charge in [-0.05, 0) is 63.8 Å². The van der Waals surface area contributed by atoms with E-state index in [2.05, 4.69) is 0 Å². The molecular formula is C26H27NaO3P. The van der Waals surface area contributed by atoms with Gasteiger partial charge in [-0.25, -0.2) is 0 Å². The topological polar surface area (TPSA) is 51.2 Å². The van der Waals surface area contributed by atoms with E-state index in [1.165, 1.54) is 0 Å². The number of rotatable bonds is 5. The van der Waals surface area contributed by atoms with Crippen molar-refractivity contribution in [2.24, 2.45) is 0 Å². The number of benzene rings is 3. The van der Waals surface area contributed by atoms with Crippen LogP contribution in [0.4, 0.5) is 0 Å². The van der Waals surface area contributed by atoms with E-state index in [1.54, 1.807) is 30.3 Å². The van der Waals surface area contributed by atoms with Crippen molar-refractivity contribution in [1.29, 1.82) is 0 Å². The first-order valence-electron chi connectivity index (χ1n) is 9.98. The minimum Gasteiger partial charge on any atom is -0.302 e. The zero-order chi connectivity index (χ0) is 22.2. The summed E-state index contributed by atoms with van der Waals surface area (Å²) >= 11 is 0. The second kappa shape index (κ2) is 9.79. The minimum atomic E-state index is -4.11. The molecule has 0 aliphatic carbocycles. The molecular weight excluding hydrogens is 414 g/mol. The Bertz CT molecular complexity index is 1090. The van der Waals surface area contributed by atoms with Crippen LogP contribution in [-0.4, -0.2) is 40.6 Å². The van der Waals surface area contributed by atoms with Gasteiger partial charge in [-0.1, -0.05) is 65.7 Å². The predicted octanol–water partition coefficient (Wildman–Crippen LogP) is 5.83. The van der Waals surface area contributed by atoms with Crippen molar-refractivity contribution in [1.82, 2.24) is 0 Å². The standard InChI is InChI=1S/C26H27O3P.Na/c1-16-12-18(3)23(19(4)13-16)25(27)30(29,22-10-8-7-9-11-22)26(28)24-20(5)14-17(2)15-21(24)6;/h7-15H,1-6H3;. The van der Waals surface area contributed by atoms with Crippen molar-refractivity contribution < 1.29 is 14.2 Å². The SMILES string of the molecule is Cc1cc(C)c(C(=O)P(=O)(C(=O)c2c(C)cc(C)cc2C)c2ccccc2)c(C)c1.[Na]. The monoisotopic (exact) mass is 441 g/mol. The van der Waals surface area contributed by atoms with E-state index in [9.17, 15) is 14.2 Å². The summed E-state index contributed by atoms with van der Waals surface area (Å²) < 4.78 is 14.5. The average Bonchev–Trinajstić information content (AvgIpc) is 2.66. The molecule has 3 rings (SSSR count). The van der Waals surface area contributed by atoms with Crippen molar-refractivity contribution in [2.75, 3.05) is 0 Å². The van der Waals surface area contributed by atoms with Crippen LogP contribution in [0.3, 0.4) is 0 Å². The molecule has 5 heteroatoms. The molecule has 0 spiro atoms. The fourth-order valence-corrected chi connectivity index (χ4v) is 6.89. The van der Waals surface area contributed by atoms with Crippen LogP contribution in [0.15, 0.2) is 54.6 Å². The van der Waals surface area contributed by atoms with Crippen LogP contribution < -0.4 is 5.30 Å². The molecule has 31 heavy (non-hydrogen) atoms. The smallest absolute Gasteiger partial charge is 0.248 e. The Hall–Kier alpha value is -1.77. The van der Waals surface area contributed by atoms with Crippen LogP contribution in [-0.2, 0) is 4.57 Å². The molecule has 0 bridgehead atoms. The van der Waals surface area contributed by atoms with Crippen molar-refractivity contribution in [3.05, 3.63) is 99.1 Å². The van der Waals surface area contributed by atoms with Gasteiger partial charge in [-0.15, -0.1) is 0 Å². The minimum absolute atomic E-state index is 0. The summed E-state index contributed by atoms with van der Waals surface area (Å²) in [6.07, 6.45) is 0. The Morgan fingerprint density at radius 3 is 1.26 bits per heavy atom. The Morgan fingerprint density at radius 1 is 0.613 bits per heavy atom. The maximum absolute atomic E-state index is 14.5. The first-order valence-corrected chi connectivity index (χ1v) is 11.7. The largest absolute Gasteiger partial charge is 0.302 e. The summed E-state index contributed by atoms with van der Waals surface area (Å²) in [7, 11) is -4.11. The molecule has 0 saturated carbocycles. The summed E-state index contributed by atoms with van der Waals surface area (Å²) in [5.74, 6) is 0. The second-order valence-corrected chi connectivity index (χ2v) is 10.6. The van der Waals surface area contributed by atoms with E-state index in [-0.39, 0.29) is 34.9 Å². The molecule has 0 heterocycles. The first kappa shape index (κ1) is 25.5. The molecule has 0 aromatic heterocycles. The molecule has 155 valence electrons. The van der Waals surface area contributed by atoms with Gasteiger partial charge in [0, 0.05) is 46.0 Å². The van der Waals surface area contributed by atoms with Crippen LogP contribution in [0.25, 0.3) is 0 Å². The van der Waals surface area contributed by atoms with Gasteiger partial charge < -0.3 is 4.57 Å². The summed E-state index contributed by atoms with van der Waals surface area (Å²) in [4.78, 5) is 27.7. The maximum Gasteiger partial charge on any atom is 0.248 e. The predicted molar refractivity (Wildman–Crippen MR) is 129 cm³/mol. The number of carbonyl (C=O) groups excluding carboxylic acids is 2. The number of hydrogen-bond donors (Lipinski definition) is 0. The maximum atomic E-state index is 14.5. The number of hydrogen-bond acceptors (Lipinski definition) is 3. The zero-order valence-electron chi connectivity index (χ0n) is 19.4. The fourth-order valence-electron chi connectivity index (χ4n) is 4.31. The third-order valence-electron chi connectivity index (χ3n) is 5.47. The van der Waals surface area contributed by atoms with E-state index in [0.29, 0.717) is 11.1 Å². The van der Waals surface area contributed by atoms with E-state index < -0.39 is 18.2 Å². The van der Waals surface area contributed by atoms with Crippen molar-refractivity contribution in [2.45, 2.75) is 41.5 Å². The van der Waals surface area contributed by atoms with Crippen LogP contribution in [0, 0.1) is 41.5 Å². The molecule has 0 fully saturated rings. The summed E-state index contributed by atoms with van der Waals surface area (Å²) in [6, 6.07) is 16.0. The summed E-state index contributed by atoms with van der Waals surface area (Å²) in [5.41, 5.74) is 4.56. The van der Waals surface area contributed by atoms with E-state index in [4.69, 9.17) is 0 Å². The normalized spacial score (nSPS) is 11.0. The fraction of sp³-hybridized carbons (Fsp3) is 0.231. The molecule has 0 amide bonds. The van der Waals surface area contributed by atoms with E-state index in [0.717, 1.165) is 33.4 Å². The van der Waals surface area contributed by atoms with Crippen LogP contribution in [0.5, 0.6) is 0 Å². The van der Waals surface area contributed by atoms with Crippen molar-refractivity contribution in [3.8, 4) is 0 Å². The zero-order valence-corrected chi connectivity index (χ0v) is 22.3. The van der Waals surface area contributed by atoms with Gasteiger partial charge in [0.2, 0.25) is 18.2 Å².